The van der Waals surface area contributed by atoms with Gasteiger partial charge >= 0.3 is 0 Å². The van der Waals surface area contributed by atoms with E-state index in [2.05, 4.69) is 49.3 Å². The van der Waals surface area contributed by atoms with Crippen LogP contribution in [0.2, 0.25) is 0 Å². The molecule has 1 atom stereocenters. The monoisotopic (exact) mass is 241 g/mol. The topological polar surface area (TPSA) is 37.8 Å². The molecule has 1 unspecified atom stereocenters. The van der Waals surface area contributed by atoms with Gasteiger partial charge < -0.3 is 5.32 Å². The van der Waals surface area contributed by atoms with Gasteiger partial charge in [0, 0.05) is 18.4 Å². The van der Waals surface area contributed by atoms with Crippen LogP contribution in [0.5, 0.6) is 0 Å². The molecule has 1 heterocycles. The Morgan fingerprint density at radius 1 is 1.25 bits per heavy atom. The van der Waals surface area contributed by atoms with Gasteiger partial charge in [0.2, 0.25) is 0 Å². The molecule has 0 saturated carbocycles. The van der Waals surface area contributed by atoms with E-state index < -0.39 is 0 Å². The second kappa shape index (κ2) is 6.30. The second-order valence-electron chi connectivity index (χ2n) is 4.81. The van der Waals surface area contributed by atoms with Crippen molar-refractivity contribution < 1.29 is 0 Å². The van der Waals surface area contributed by atoms with Crippen LogP contribution in [0.15, 0.2) is 0 Å². The molecule has 0 amide bonds. The molecular formula is C12H23N3S. The van der Waals surface area contributed by atoms with Gasteiger partial charge in [0.15, 0.2) is 0 Å². The maximum absolute atomic E-state index is 4.58. The highest BCUT2D eigenvalue weighted by Crippen LogP contribution is 2.16. The Morgan fingerprint density at radius 2 is 1.94 bits per heavy atom. The summed E-state index contributed by atoms with van der Waals surface area (Å²) in [6.45, 7) is 11.9. The lowest BCUT2D eigenvalue weighted by molar-refractivity contribution is 0.404. The highest BCUT2D eigenvalue weighted by molar-refractivity contribution is 7.05. The van der Waals surface area contributed by atoms with Crippen LogP contribution in [0.4, 0.5) is 0 Å². The lowest BCUT2D eigenvalue weighted by atomic mass is 10.0. The molecule has 0 saturated heterocycles. The minimum atomic E-state index is 0.432. The quantitative estimate of drug-likeness (QED) is 0.832. The van der Waals surface area contributed by atoms with Crippen molar-refractivity contribution in [1.29, 1.82) is 0 Å². The number of nitrogens with zero attached hydrogens (tertiary/aromatic N) is 2. The summed E-state index contributed by atoms with van der Waals surface area (Å²) >= 11 is 1.55. The summed E-state index contributed by atoms with van der Waals surface area (Å²) in [5.74, 6) is 2.05. The van der Waals surface area contributed by atoms with Crippen LogP contribution < -0.4 is 5.32 Å². The summed E-state index contributed by atoms with van der Waals surface area (Å²) in [6, 6.07) is 0.512. The van der Waals surface area contributed by atoms with Crippen molar-refractivity contribution in [1.82, 2.24) is 14.7 Å². The molecule has 1 aromatic heterocycles. The Labute approximate surface area is 103 Å². The van der Waals surface area contributed by atoms with Crippen LogP contribution in [0.25, 0.3) is 0 Å². The molecule has 1 rings (SSSR count). The number of hydrogen-bond acceptors (Lipinski definition) is 4. The maximum Gasteiger partial charge on any atom is 0.145 e. The third-order valence-electron chi connectivity index (χ3n) is 2.67. The SMILES string of the molecule is CCNC(Cc1nc(C(C)C)ns1)C(C)C. The summed E-state index contributed by atoms with van der Waals surface area (Å²) in [4.78, 5) is 4.58. The number of hydrogen-bond donors (Lipinski definition) is 1. The molecule has 0 fully saturated rings. The van der Waals surface area contributed by atoms with E-state index in [9.17, 15) is 0 Å². The largest absolute Gasteiger partial charge is 0.314 e. The summed E-state index contributed by atoms with van der Waals surface area (Å²) in [7, 11) is 0. The second-order valence-corrected chi connectivity index (χ2v) is 5.65. The van der Waals surface area contributed by atoms with Gasteiger partial charge in [-0.3, -0.25) is 0 Å². The molecule has 3 nitrogen and oxygen atoms in total. The fourth-order valence-corrected chi connectivity index (χ4v) is 2.42. The molecule has 0 radical (unpaired) electrons. The van der Waals surface area contributed by atoms with Crippen LogP contribution in [0, 0.1) is 5.92 Å². The molecule has 16 heavy (non-hydrogen) atoms. The van der Waals surface area contributed by atoms with E-state index in [0.29, 0.717) is 17.9 Å². The van der Waals surface area contributed by atoms with Gasteiger partial charge in [-0.05, 0) is 24.0 Å². The van der Waals surface area contributed by atoms with Crippen molar-refractivity contribution in [3.63, 3.8) is 0 Å². The van der Waals surface area contributed by atoms with Gasteiger partial charge in [0.1, 0.15) is 10.8 Å². The predicted octanol–water partition coefficient (Wildman–Crippen LogP) is 2.84. The number of nitrogens with one attached hydrogen (secondary N) is 1. The molecule has 0 aliphatic rings. The molecular weight excluding hydrogens is 218 g/mol. The van der Waals surface area contributed by atoms with Gasteiger partial charge in [-0.25, -0.2) is 4.98 Å². The number of rotatable bonds is 6. The Kier molecular flexibility index (Phi) is 5.35. The first-order valence-corrected chi connectivity index (χ1v) is 6.87. The molecule has 0 aliphatic heterocycles. The Balaban J connectivity index is 2.62. The van der Waals surface area contributed by atoms with E-state index >= 15 is 0 Å². The van der Waals surface area contributed by atoms with E-state index in [1.807, 2.05) is 0 Å². The predicted molar refractivity (Wildman–Crippen MR) is 70.0 cm³/mol. The van der Waals surface area contributed by atoms with E-state index in [4.69, 9.17) is 0 Å². The normalized spacial score (nSPS) is 13.7. The third-order valence-corrected chi connectivity index (χ3v) is 3.41. The average molecular weight is 241 g/mol. The fraction of sp³-hybridized carbons (Fsp3) is 0.833. The average Bonchev–Trinajstić information content (AvgIpc) is 2.65. The summed E-state index contributed by atoms with van der Waals surface area (Å²) < 4.78 is 4.39. The molecule has 1 aromatic rings. The van der Waals surface area contributed by atoms with Crippen LogP contribution >= 0.6 is 11.5 Å². The molecule has 0 spiro atoms. The van der Waals surface area contributed by atoms with Crippen molar-refractivity contribution in [3.8, 4) is 0 Å². The summed E-state index contributed by atoms with van der Waals surface area (Å²) in [5.41, 5.74) is 0. The minimum Gasteiger partial charge on any atom is -0.314 e. The zero-order valence-corrected chi connectivity index (χ0v) is 11.8. The van der Waals surface area contributed by atoms with Gasteiger partial charge in [-0.1, -0.05) is 34.6 Å². The minimum absolute atomic E-state index is 0.432. The van der Waals surface area contributed by atoms with Gasteiger partial charge in [-0.15, -0.1) is 0 Å². The van der Waals surface area contributed by atoms with E-state index in [-0.39, 0.29) is 0 Å². The molecule has 92 valence electrons. The zero-order valence-electron chi connectivity index (χ0n) is 10.9. The van der Waals surface area contributed by atoms with Crippen LogP contribution in [-0.2, 0) is 6.42 Å². The van der Waals surface area contributed by atoms with Crippen molar-refractivity contribution in [2.45, 2.75) is 53.0 Å². The van der Waals surface area contributed by atoms with Gasteiger partial charge in [0.05, 0.1) is 0 Å². The Hall–Kier alpha value is -0.480. The summed E-state index contributed by atoms with van der Waals surface area (Å²) in [6.07, 6.45) is 0.996. The number of aromatic nitrogens is 2. The third kappa shape index (κ3) is 3.83. The lowest BCUT2D eigenvalue weighted by Gasteiger charge is -2.20. The highest BCUT2D eigenvalue weighted by Gasteiger charge is 2.16. The molecule has 1 N–H and O–H groups in total. The van der Waals surface area contributed by atoms with Gasteiger partial charge in [0.25, 0.3) is 0 Å². The molecule has 4 heteroatoms. The van der Waals surface area contributed by atoms with Crippen LogP contribution in [0.1, 0.15) is 51.4 Å². The van der Waals surface area contributed by atoms with Gasteiger partial charge in [-0.2, -0.15) is 4.37 Å². The highest BCUT2D eigenvalue weighted by atomic mass is 32.1. The zero-order chi connectivity index (χ0) is 12.1. The Morgan fingerprint density at radius 3 is 2.38 bits per heavy atom. The van der Waals surface area contributed by atoms with Crippen molar-refractivity contribution in [2.75, 3.05) is 6.54 Å². The van der Waals surface area contributed by atoms with E-state index in [1.165, 1.54) is 0 Å². The van der Waals surface area contributed by atoms with Crippen LogP contribution in [0.3, 0.4) is 0 Å². The standard InChI is InChI=1S/C12H23N3S/c1-6-13-10(8(2)3)7-11-14-12(9(4)5)15-16-11/h8-10,13H,6-7H2,1-5H3. The van der Waals surface area contributed by atoms with E-state index in [0.717, 1.165) is 23.8 Å². The smallest absolute Gasteiger partial charge is 0.145 e. The summed E-state index contributed by atoms with van der Waals surface area (Å²) in [5, 5.41) is 4.66. The molecule has 0 bridgehead atoms. The van der Waals surface area contributed by atoms with Crippen LogP contribution in [-0.4, -0.2) is 21.9 Å². The first-order chi connectivity index (χ1) is 7.54. The van der Waals surface area contributed by atoms with Crippen molar-refractivity contribution in [3.05, 3.63) is 10.8 Å². The fourth-order valence-electron chi connectivity index (χ4n) is 1.58. The molecule has 0 aliphatic carbocycles. The van der Waals surface area contributed by atoms with Crippen molar-refractivity contribution >= 4 is 11.5 Å². The first-order valence-electron chi connectivity index (χ1n) is 6.10. The Bertz CT molecular complexity index is 307. The molecule has 0 aromatic carbocycles. The van der Waals surface area contributed by atoms with Crippen molar-refractivity contribution in [2.24, 2.45) is 5.92 Å². The first kappa shape index (κ1) is 13.6. The number of likely N-dealkylation sites (N-methyl/N-ethyl adjacent to an activating group) is 1. The lowest BCUT2D eigenvalue weighted by Crippen LogP contribution is -2.35. The maximum atomic E-state index is 4.58. The van der Waals surface area contributed by atoms with E-state index in [1.54, 1.807) is 11.5 Å².